The second-order valence-corrected chi connectivity index (χ2v) is 5.45. The van der Waals surface area contributed by atoms with Gasteiger partial charge in [-0.2, -0.15) is 5.10 Å². The summed E-state index contributed by atoms with van der Waals surface area (Å²) in [5.74, 6) is 0.895. The van der Waals surface area contributed by atoms with E-state index in [4.69, 9.17) is 5.73 Å². The number of hydrogen-bond acceptors (Lipinski definition) is 4. The van der Waals surface area contributed by atoms with E-state index < -0.39 is 5.24 Å². The number of carbonyl (C=O) groups excluding carboxylic acids is 2. The first-order chi connectivity index (χ1) is 10.1. The fourth-order valence-corrected chi connectivity index (χ4v) is 2.25. The highest BCUT2D eigenvalue weighted by Crippen LogP contribution is 2.19. The third-order valence-electron chi connectivity index (χ3n) is 2.72. The monoisotopic (exact) mass is 304 g/mol. The molecular formula is C14H16N4O2S. The quantitative estimate of drug-likeness (QED) is 0.714. The van der Waals surface area contributed by atoms with Crippen LogP contribution in [-0.2, 0) is 4.79 Å². The number of anilines is 1. The van der Waals surface area contributed by atoms with Gasteiger partial charge in [-0.3, -0.25) is 14.7 Å². The van der Waals surface area contributed by atoms with Gasteiger partial charge < -0.3 is 11.1 Å². The maximum absolute atomic E-state index is 11.7. The third-order valence-corrected chi connectivity index (χ3v) is 3.50. The van der Waals surface area contributed by atoms with Gasteiger partial charge in [-0.1, -0.05) is 42.1 Å². The van der Waals surface area contributed by atoms with Crippen molar-refractivity contribution in [3.8, 4) is 11.3 Å². The van der Waals surface area contributed by atoms with Gasteiger partial charge in [-0.15, -0.1) is 0 Å². The molecule has 2 aromatic rings. The first kappa shape index (κ1) is 15.1. The molecule has 7 heteroatoms. The van der Waals surface area contributed by atoms with Crippen LogP contribution in [0.25, 0.3) is 11.3 Å². The van der Waals surface area contributed by atoms with Crippen molar-refractivity contribution in [1.29, 1.82) is 0 Å². The zero-order valence-corrected chi connectivity index (χ0v) is 12.2. The van der Waals surface area contributed by atoms with Crippen LogP contribution in [0.2, 0.25) is 0 Å². The van der Waals surface area contributed by atoms with E-state index >= 15 is 0 Å². The van der Waals surface area contributed by atoms with Gasteiger partial charge in [0.1, 0.15) is 0 Å². The third kappa shape index (κ3) is 4.96. The summed E-state index contributed by atoms with van der Waals surface area (Å²) >= 11 is 1.02. The minimum absolute atomic E-state index is 0.133. The van der Waals surface area contributed by atoms with E-state index in [-0.39, 0.29) is 5.91 Å². The molecule has 2 amide bonds. The van der Waals surface area contributed by atoms with E-state index in [2.05, 4.69) is 15.5 Å². The molecule has 0 radical (unpaired) electrons. The lowest BCUT2D eigenvalue weighted by Gasteiger charge is -2.00. The smallest absolute Gasteiger partial charge is 0.276 e. The fourth-order valence-electron chi connectivity index (χ4n) is 1.76. The highest BCUT2D eigenvalue weighted by atomic mass is 32.2. The van der Waals surface area contributed by atoms with E-state index in [0.29, 0.717) is 24.4 Å². The number of rotatable bonds is 6. The Morgan fingerprint density at radius 1 is 1.29 bits per heavy atom. The molecule has 0 bridgehead atoms. The summed E-state index contributed by atoms with van der Waals surface area (Å²) in [7, 11) is 0. The van der Waals surface area contributed by atoms with Gasteiger partial charge in [0.25, 0.3) is 5.24 Å². The SMILES string of the molecule is NC(=O)SCCCC(=O)Nc1cc(-c2ccccc2)[nH]n1. The molecular weight excluding hydrogens is 288 g/mol. The molecule has 21 heavy (non-hydrogen) atoms. The maximum Gasteiger partial charge on any atom is 0.276 e. The van der Waals surface area contributed by atoms with Gasteiger partial charge in [0, 0.05) is 18.2 Å². The van der Waals surface area contributed by atoms with Crippen molar-refractivity contribution in [1.82, 2.24) is 10.2 Å². The summed E-state index contributed by atoms with van der Waals surface area (Å²) in [6.07, 6.45) is 0.920. The highest BCUT2D eigenvalue weighted by molar-refractivity contribution is 8.13. The predicted octanol–water partition coefficient (Wildman–Crippen LogP) is 2.61. The number of nitrogens with zero attached hydrogens (tertiary/aromatic N) is 1. The van der Waals surface area contributed by atoms with Crippen molar-refractivity contribution in [2.45, 2.75) is 12.8 Å². The Kier molecular flexibility index (Phi) is 5.39. The van der Waals surface area contributed by atoms with Crippen LogP contribution in [-0.4, -0.2) is 27.1 Å². The normalized spacial score (nSPS) is 10.3. The molecule has 4 N–H and O–H groups in total. The van der Waals surface area contributed by atoms with E-state index in [0.717, 1.165) is 23.0 Å². The van der Waals surface area contributed by atoms with Gasteiger partial charge in [0.15, 0.2) is 5.82 Å². The Bertz CT molecular complexity index is 612. The van der Waals surface area contributed by atoms with Gasteiger partial charge in [-0.05, 0) is 12.0 Å². The first-order valence-electron chi connectivity index (χ1n) is 6.48. The molecule has 1 heterocycles. The Morgan fingerprint density at radius 2 is 2.05 bits per heavy atom. The Hall–Kier alpha value is -2.28. The Labute approximate surface area is 126 Å². The summed E-state index contributed by atoms with van der Waals surface area (Å²) in [6, 6.07) is 11.5. The van der Waals surface area contributed by atoms with Gasteiger partial charge >= 0.3 is 0 Å². The average molecular weight is 304 g/mol. The average Bonchev–Trinajstić information content (AvgIpc) is 2.93. The summed E-state index contributed by atoms with van der Waals surface area (Å²) in [4.78, 5) is 22.3. The number of aromatic amines is 1. The Balaban J connectivity index is 1.82. The fraction of sp³-hybridized carbons (Fsp3) is 0.214. The summed E-state index contributed by atoms with van der Waals surface area (Å²) < 4.78 is 0. The molecule has 0 saturated heterocycles. The molecule has 2 rings (SSSR count). The van der Waals surface area contributed by atoms with Crippen LogP contribution in [0.3, 0.4) is 0 Å². The second-order valence-electron chi connectivity index (χ2n) is 4.35. The number of benzene rings is 1. The summed E-state index contributed by atoms with van der Waals surface area (Å²) in [6.45, 7) is 0. The van der Waals surface area contributed by atoms with Crippen LogP contribution in [0.1, 0.15) is 12.8 Å². The molecule has 110 valence electrons. The number of amides is 2. The molecule has 0 saturated carbocycles. The van der Waals surface area contributed by atoms with Gasteiger partial charge in [-0.25, -0.2) is 0 Å². The number of nitrogens with one attached hydrogen (secondary N) is 2. The molecule has 0 aliphatic heterocycles. The van der Waals surface area contributed by atoms with Crippen LogP contribution in [0.4, 0.5) is 10.6 Å². The maximum atomic E-state index is 11.7. The number of hydrogen-bond donors (Lipinski definition) is 3. The highest BCUT2D eigenvalue weighted by Gasteiger charge is 2.07. The molecule has 0 spiro atoms. The van der Waals surface area contributed by atoms with E-state index in [1.54, 1.807) is 6.07 Å². The molecule has 0 fully saturated rings. The number of H-pyrrole nitrogens is 1. The lowest BCUT2D eigenvalue weighted by molar-refractivity contribution is -0.116. The van der Waals surface area contributed by atoms with Crippen molar-refractivity contribution in [3.05, 3.63) is 36.4 Å². The van der Waals surface area contributed by atoms with Crippen molar-refractivity contribution in [2.24, 2.45) is 5.73 Å². The van der Waals surface area contributed by atoms with Crippen LogP contribution in [0.5, 0.6) is 0 Å². The number of aromatic nitrogens is 2. The van der Waals surface area contributed by atoms with Crippen molar-refractivity contribution in [3.63, 3.8) is 0 Å². The lowest BCUT2D eigenvalue weighted by Crippen LogP contribution is -2.12. The second kappa shape index (κ2) is 7.49. The number of carbonyl (C=O) groups is 2. The van der Waals surface area contributed by atoms with E-state index in [1.165, 1.54) is 0 Å². The van der Waals surface area contributed by atoms with Crippen LogP contribution < -0.4 is 11.1 Å². The van der Waals surface area contributed by atoms with Gasteiger partial charge in [0.2, 0.25) is 5.91 Å². The molecule has 0 atom stereocenters. The summed E-state index contributed by atoms with van der Waals surface area (Å²) in [5.41, 5.74) is 6.85. The topological polar surface area (TPSA) is 101 Å². The molecule has 6 nitrogen and oxygen atoms in total. The zero-order valence-electron chi connectivity index (χ0n) is 11.3. The molecule has 0 aliphatic rings. The van der Waals surface area contributed by atoms with Crippen molar-refractivity contribution in [2.75, 3.05) is 11.1 Å². The van der Waals surface area contributed by atoms with Crippen LogP contribution >= 0.6 is 11.8 Å². The number of nitrogens with two attached hydrogens (primary N) is 1. The number of primary amides is 1. The lowest BCUT2D eigenvalue weighted by atomic mass is 10.1. The van der Waals surface area contributed by atoms with Gasteiger partial charge in [0.05, 0.1) is 5.69 Å². The van der Waals surface area contributed by atoms with E-state index in [1.807, 2.05) is 30.3 Å². The predicted molar refractivity (Wildman–Crippen MR) is 83.9 cm³/mol. The molecule has 1 aromatic heterocycles. The standard InChI is InChI=1S/C14H16N4O2S/c15-14(20)21-8-4-7-13(19)16-12-9-11(17-18-12)10-5-2-1-3-6-10/h1-3,5-6,9H,4,7-8H2,(H2,15,20)(H2,16,17,18,19). The van der Waals surface area contributed by atoms with Crippen LogP contribution in [0, 0.1) is 0 Å². The number of thioether (sulfide) groups is 1. The molecule has 0 unspecified atom stereocenters. The molecule has 0 aliphatic carbocycles. The first-order valence-corrected chi connectivity index (χ1v) is 7.46. The largest absolute Gasteiger partial charge is 0.361 e. The minimum Gasteiger partial charge on any atom is -0.361 e. The van der Waals surface area contributed by atoms with Crippen molar-refractivity contribution < 1.29 is 9.59 Å². The van der Waals surface area contributed by atoms with Crippen molar-refractivity contribution >= 4 is 28.7 Å². The zero-order chi connectivity index (χ0) is 15.1. The van der Waals surface area contributed by atoms with E-state index in [9.17, 15) is 9.59 Å². The minimum atomic E-state index is -0.421. The molecule has 1 aromatic carbocycles. The Morgan fingerprint density at radius 3 is 2.76 bits per heavy atom. The summed E-state index contributed by atoms with van der Waals surface area (Å²) in [5, 5.41) is 9.22. The van der Waals surface area contributed by atoms with Crippen LogP contribution in [0.15, 0.2) is 36.4 Å².